The van der Waals surface area contributed by atoms with E-state index in [1.165, 1.54) is 21.6 Å². The molecule has 0 spiro atoms. The van der Waals surface area contributed by atoms with Gasteiger partial charge in [0.2, 0.25) is 0 Å². The second kappa shape index (κ2) is 5.21. The Kier molecular flexibility index (Phi) is 3.87. The molecule has 3 heteroatoms. The average Bonchev–Trinajstić information content (AvgIpc) is 2.71. The molecular weight excluding hydrogens is 250 g/mol. The highest BCUT2D eigenvalue weighted by molar-refractivity contribution is 7.10. The maximum Gasteiger partial charge on any atom is 0.0683 e. The Morgan fingerprint density at radius 3 is 2.47 bits per heavy atom. The van der Waals surface area contributed by atoms with Crippen molar-refractivity contribution in [3.63, 3.8) is 0 Å². The molecule has 0 aliphatic carbocycles. The van der Waals surface area contributed by atoms with Gasteiger partial charge in [0.15, 0.2) is 0 Å². The Bertz CT molecular complexity index is 519. The molecule has 0 aliphatic heterocycles. The number of thiophene rings is 1. The molecule has 1 atom stereocenters. The number of nitrogens with one attached hydrogen (secondary N) is 1. The largest absolute Gasteiger partial charge is 0.309 e. The molecule has 0 fully saturated rings. The molecule has 0 bridgehead atoms. The van der Waals surface area contributed by atoms with Gasteiger partial charge in [-0.15, -0.1) is 11.3 Å². The highest BCUT2D eigenvalue weighted by Gasteiger charge is 2.16. The van der Waals surface area contributed by atoms with E-state index in [1.54, 1.807) is 11.3 Å². The van der Waals surface area contributed by atoms with Crippen molar-refractivity contribution < 1.29 is 0 Å². The monoisotopic (exact) mass is 265 g/mol. The molecular formula is C14H16ClNS. The molecule has 17 heavy (non-hydrogen) atoms. The van der Waals surface area contributed by atoms with E-state index < -0.39 is 0 Å². The van der Waals surface area contributed by atoms with Crippen molar-refractivity contribution in [2.45, 2.75) is 19.9 Å². The summed E-state index contributed by atoms with van der Waals surface area (Å²) in [4.78, 5) is 1.18. The summed E-state index contributed by atoms with van der Waals surface area (Å²) in [6.45, 7) is 4.27. The number of hydrogen-bond acceptors (Lipinski definition) is 2. The van der Waals surface area contributed by atoms with Crippen LogP contribution in [0.2, 0.25) is 5.02 Å². The van der Waals surface area contributed by atoms with Crippen molar-refractivity contribution in [1.29, 1.82) is 0 Å². The lowest BCUT2D eigenvalue weighted by Gasteiger charge is -2.17. The quantitative estimate of drug-likeness (QED) is 0.871. The maximum absolute atomic E-state index is 6.20. The third-order valence-corrected chi connectivity index (χ3v) is 4.48. The van der Waals surface area contributed by atoms with E-state index in [0.29, 0.717) is 0 Å². The van der Waals surface area contributed by atoms with Crippen molar-refractivity contribution in [3.05, 3.63) is 56.2 Å². The van der Waals surface area contributed by atoms with Crippen molar-refractivity contribution in [3.8, 4) is 0 Å². The zero-order chi connectivity index (χ0) is 12.4. The number of rotatable bonds is 3. The molecule has 2 aromatic rings. The first kappa shape index (κ1) is 12.6. The second-order valence-electron chi connectivity index (χ2n) is 4.20. The first-order valence-corrected chi connectivity index (χ1v) is 6.86. The number of hydrogen-bond donors (Lipinski definition) is 1. The van der Waals surface area contributed by atoms with Gasteiger partial charge >= 0.3 is 0 Å². The second-order valence-corrected chi connectivity index (χ2v) is 5.55. The SMILES string of the molecule is CNC(c1ccc(C)c(C)c1)c1sccc1Cl. The predicted octanol–water partition coefficient (Wildman–Crippen LogP) is 4.33. The van der Waals surface area contributed by atoms with Crippen molar-refractivity contribution in [2.24, 2.45) is 0 Å². The summed E-state index contributed by atoms with van der Waals surface area (Å²) in [5.41, 5.74) is 3.90. The minimum atomic E-state index is 0.182. The van der Waals surface area contributed by atoms with E-state index in [9.17, 15) is 0 Å². The van der Waals surface area contributed by atoms with Gasteiger partial charge in [-0.2, -0.15) is 0 Å². The van der Waals surface area contributed by atoms with E-state index in [4.69, 9.17) is 11.6 Å². The molecule has 2 rings (SSSR count). The van der Waals surface area contributed by atoms with Crippen LogP contribution in [0.25, 0.3) is 0 Å². The van der Waals surface area contributed by atoms with E-state index in [1.807, 2.05) is 18.5 Å². The Labute approximate surface area is 111 Å². The Morgan fingerprint density at radius 2 is 1.94 bits per heavy atom. The van der Waals surface area contributed by atoms with Gasteiger partial charge in [0.25, 0.3) is 0 Å². The molecule has 0 saturated heterocycles. The Hall–Kier alpha value is -0.830. The van der Waals surface area contributed by atoms with Crippen LogP contribution in [0.3, 0.4) is 0 Å². The summed E-state index contributed by atoms with van der Waals surface area (Å²) in [6.07, 6.45) is 0. The zero-order valence-electron chi connectivity index (χ0n) is 10.3. The normalized spacial score (nSPS) is 12.7. The van der Waals surface area contributed by atoms with E-state index in [-0.39, 0.29) is 6.04 Å². The lowest BCUT2D eigenvalue weighted by Crippen LogP contribution is -2.17. The highest BCUT2D eigenvalue weighted by Crippen LogP contribution is 2.33. The lowest BCUT2D eigenvalue weighted by molar-refractivity contribution is 0.703. The molecule has 1 N–H and O–H groups in total. The Balaban J connectivity index is 2.42. The van der Waals surface area contributed by atoms with Crippen molar-refractivity contribution in [1.82, 2.24) is 5.32 Å². The summed E-state index contributed by atoms with van der Waals surface area (Å²) in [5.74, 6) is 0. The van der Waals surface area contributed by atoms with Crippen LogP contribution in [0.1, 0.15) is 27.6 Å². The van der Waals surface area contributed by atoms with Gasteiger partial charge in [-0.1, -0.05) is 29.8 Å². The average molecular weight is 266 g/mol. The van der Waals surface area contributed by atoms with E-state index >= 15 is 0 Å². The van der Waals surface area contributed by atoms with Gasteiger partial charge in [-0.05, 0) is 49.0 Å². The zero-order valence-corrected chi connectivity index (χ0v) is 11.8. The topological polar surface area (TPSA) is 12.0 Å². The molecule has 0 radical (unpaired) electrons. The molecule has 0 aliphatic rings. The first-order valence-electron chi connectivity index (χ1n) is 5.60. The van der Waals surface area contributed by atoms with Gasteiger partial charge in [0, 0.05) is 4.88 Å². The Morgan fingerprint density at radius 1 is 1.18 bits per heavy atom. The van der Waals surface area contributed by atoms with Gasteiger partial charge < -0.3 is 5.32 Å². The third kappa shape index (κ3) is 2.54. The van der Waals surface area contributed by atoms with Crippen LogP contribution in [-0.4, -0.2) is 7.05 Å². The summed E-state index contributed by atoms with van der Waals surface area (Å²) in [5, 5.41) is 6.21. The minimum Gasteiger partial charge on any atom is -0.309 e. The van der Waals surface area contributed by atoms with Crippen LogP contribution in [0.4, 0.5) is 0 Å². The molecule has 1 aromatic carbocycles. The number of halogens is 1. The van der Waals surface area contributed by atoms with Gasteiger partial charge in [-0.3, -0.25) is 0 Å². The fraction of sp³-hybridized carbons (Fsp3) is 0.286. The smallest absolute Gasteiger partial charge is 0.0683 e. The number of benzene rings is 1. The summed E-state index contributed by atoms with van der Waals surface area (Å²) >= 11 is 7.90. The molecule has 1 aromatic heterocycles. The fourth-order valence-electron chi connectivity index (χ4n) is 1.90. The summed E-state index contributed by atoms with van der Waals surface area (Å²) < 4.78 is 0. The highest BCUT2D eigenvalue weighted by atomic mass is 35.5. The predicted molar refractivity (Wildman–Crippen MR) is 76.1 cm³/mol. The van der Waals surface area contributed by atoms with Crippen LogP contribution in [0.5, 0.6) is 0 Å². The first-order chi connectivity index (χ1) is 8.13. The minimum absolute atomic E-state index is 0.182. The molecule has 1 unspecified atom stereocenters. The van der Waals surface area contributed by atoms with Crippen molar-refractivity contribution in [2.75, 3.05) is 7.05 Å². The fourth-order valence-corrected chi connectivity index (χ4v) is 3.21. The summed E-state index contributed by atoms with van der Waals surface area (Å²) in [6, 6.07) is 8.69. The molecule has 90 valence electrons. The van der Waals surface area contributed by atoms with Crippen LogP contribution in [0, 0.1) is 13.8 Å². The van der Waals surface area contributed by atoms with Crippen LogP contribution >= 0.6 is 22.9 Å². The van der Waals surface area contributed by atoms with Gasteiger partial charge in [-0.25, -0.2) is 0 Å². The third-order valence-electron chi connectivity index (χ3n) is 3.06. The van der Waals surface area contributed by atoms with E-state index in [0.717, 1.165) is 5.02 Å². The van der Waals surface area contributed by atoms with Crippen LogP contribution in [0.15, 0.2) is 29.6 Å². The molecule has 0 saturated carbocycles. The van der Waals surface area contributed by atoms with Gasteiger partial charge in [0.1, 0.15) is 0 Å². The summed E-state index contributed by atoms with van der Waals surface area (Å²) in [7, 11) is 1.97. The van der Waals surface area contributed by atoms with Crippen LogP contribution in [-0.2, 0) is 0 Å². The lowest BCUT2D eigenvalue weighted by atomic mass is 10.0. The molecule has 1 heterocycles. The standard InChI is InChI=1S/C14H16ClNS/c1-9-4-5-11(8-10(9)2)13(16-3)14-12(15)6-7-17-14/h4-8,13,16H,1-3H3. The maximum atomic E-state index is 6.20. The van der Waals surface area contributed by atoms with Crippen LogP contribution < -0.4 is 5.32 Å². The van der Waals surface area contributed by atoms with Gasteiger partial charge in [0.05, 0.1) is 11.1 Å². The molecule has 0 amide bonds. The van der Waals surface area contributed by atoms with E-state index in [2.05, 4.69) is 37.4 Å². The number of aryl methyl sites for hydroxylation is 2. The molecule has 1 nitrogen and oxygen atoms in total. The van der Waals surface area contributed by atoms with Crippen molar-refractivity contribution >= 4 is 22.9 Å².